The van der Waals surface area contributed by atoms with E-state index < -0.39 is 23.2 Å². The van der Waals surface area contributed by atoms with Crippen LogP contribution in [-0.2, 0) is 15.0 Å². The predicted octanol–water partition coefficient (Wildman–Crippen LogP) is 5.74. The molecule has 5 rings (SSSR count). The lowest BCUT2D eigenvalue weighted by molar-refractivity contribution is -0.123. The fraction of sp³-hybridized carbons (Fsp3) is 0.533. The van der Waals surface area contributed by atoms with E-state index in [0.717, 1.165) is 24.0 Å². The van der Waals surface area contributed by atoms with Crippen molar-refractivity contribution in [1.82, 2.24) is 5.32 Å². The Morgan fingerprint density at radius 2 is 1.86 bits per heavy atom. The van der Waals surface area contributed by atoms with Crippen molar-refractivity contribution in [2.75, 3.05) is 5.32 Å². The van der Waals surface area contributed by atoms with Crippen molar-refractivity contribution in [1.29, 1.82) is 0 Å². The number of nitrogens with one attached hydrogen (secondary N) is 2. The van der Waals surface area contributed by atoms with E-state index in [4.69, 9.17) is 11.6 Å². The molecule has 2 fully saturated rings. The van der Waals surface area contributed by atoms with Crippen molar-refractivity contribution in [2.24, 2.45) is 11.3 Å². The van der Waals surface area contributed by atoms with Gasteiger partial charge in [-0.3, -0.25) is 9.59 Å². The molecule has 2 aromatic carbocycles. The maximum Gasteiger partial charge on any atom is 0.237 e. The molecule has 2 aliphatic heterocycles. The van der Waals surface area contributed by atoms with Crippen molar-refractivity contribution >= 4 is 29.0 Å². The number of ketones is 1. The molecular weight excluding hydrogens is 491 g/mol. The SMILES string of the molecule is CC(C)(C)C[C@@H]1N[C@@H](C(=O)CC2CCC(O)CC2)[C@H](c2cccc(Cl)c2)[C@]12C(=O)Nc1cc(F)ccc12. The third kappa shape index (κ3) is 4.84. The molecule has 3 N–H and O–H groups in total. The first-order valence-electron chi connectivity index (χ1n) is 13.3. The topological polar surface area (TPSA) is 78.4 Å². The summed E-state index contributed by atoms with van der Waals surface area (Å²) in [6.07, 6.45) is 3.83. The molecule has 1 saturated heterocycles. The largest absolute Gasteiger partial charge is 0.393 e. The predicted molar refractivity (Wildman–Crippen MR) is 143 cm³/mol. The van der Waals surface area contributed by atoms with E-state index in [-0.39, 0.29) is 35.2 Å². The Balaban J connectivity index is 1.64. The molecule has 1 amide bonds. The highest BCUT2D eigenvalue weighted by Crippen LogP contribution is 2.56. The number of halogens is 2. The van der Waals surface area contributed by atoms with Gasteiger partial charge >= 0.3 is 0 Å². The van der Waals surface area contributed by atoms with Gasteiger partial charge < -0.3 is 15.7 Å². The maximum atomic E-state index is 14.2. The first-order valence-corrected chi connectivity index (χ1v) is 13.7. The number of anilines is 1. The van der Waals surface area contributed by atoms with Gasteiger partial charge in [0, 0.05) is 29.1 Å². The van der Waals surface area contributed by atoms with Crippen molar-refractivity contribution in [3.05, 3.63) is 64.4 Å². The van der Waals surface area contributed by atoms with Gasteiger partial charge in [-0.25, -0.2) is 4.39 Å². The van der Waals surface area contributed by atoms with Crippen molar-refractivity contribution < 1.29 is 19.1 Å². The van der Waals surface area contributed by atoms with Crippen LogP contribution in [-0.4, -0.2) is 35.0 Å². The highest BCUT2D eigenvalue weighted by molar-refractivity contribution is 6.30. The van der Waals surface area contributed by atoms with Crippen molar-refractivity contribution in [3.8, 4) is 0 Å². The van der Waals surface area contributed by atoms with Gasteiger partial charge in [-0.15, -0.1) is 0 Å². The molecule has 1 aliphatic carbocycles. The van der Waals surface area contributed by atoms with E-state index in [1.54, 1.807) is 12.1 Å². The van der Waals surface area contributed by atoms with Gasteiger partial charge in [-0.05, 0) is 78.8 Å². The fourth-order valence-electron chi connectivity index (χ4n) is 6.93. The van der Waals surface area contributed by atoms with Crippen LogP contribution in [0.25, 0.3) is 0 Å². The van der Waals surface area contributed by atoms with Gasteiger partial charge in [0.15, 0.2) is 5.78 Å². The maximum absolute atomic E-state index is 14.2. The molecule has 1 saturated carbocycles. The summed E-state index contributed by atoms with van der Waals surface area (Å²) in [6, 6.07) is 10.9. The number of Topliss-reactive ketones (excluding diaryl/α,β-unsaturated/α-hetero) is 1. The summed E-state index contributed by atoms with van der Waals surface area (Å²) < 4.78 is 14.2. The van der Waals surface area contributed by atoms with E-state index in [1.165, 1.54) is 12.1 Å². The van der Waals surface area contributed by atoms with Crippen LogP contribution < -0.4 is 10.6 Å². The van der Waals surface area contributed by atoms with Crippen LogP contribution in [0, 0.1) is 17.2 Å². The van der Waals surface area contributed by atoms with Crippen LogP contribution in [0.5, 0.6) is 0 Å². The lowest BCUT2D eigenvalue weighted by Crippen LogP contribution is -2.49. The molecule has 7 heteroatoms. The molecule has 4 atom stereocenters. The zero-order valence-electron chi connectivity index (χ0n) is 21.7. The normalized spacial score (nSPS) is 31.4. The van der Waals surface area contributed by atoms with Gasteiger partial charge in [-0.2, -0.15) is 0 Å². The van der Waals surface area contributed by atoms with Crippen molar-refractivity contribution in [2.45, 2.75) is 88.8 Å². The minimum Gasteiger partial charge on any atom is -0.393 e. The number of carbonyl (C=O) groups excluding carboxylic acids is 2. The van der Waals surface area contributed by atoms with Gasteiger partial charge in [0.05, 0.1) is 12.1 Å². The third-order valence-electron chi connectivity index (χ3n) is 8.48. The summed E-state index contributed by atoms with van der Waals surface area (Å²) in [4.78, 5) is 28.1. The number of hydrogen-bond donors (Lipinski definition) is 3. The monoisotopic (exact) mass is 526 g/mol. The number of benzene rings is 2. The zero-order valence-corrected chi connectivity index (χ0v) is 22.4. The Labute approximate surface area is 223 Å². The van der Waals surface area contributed by atoms with Gasteiger partial charge in [0.1, 0.15) is 11.2 Å². The smallest absolute Gasteiger partial charge is 0.237 e. The number of aliphatic hydroxyl groups is 1. The first-order chi connectivity index (χ1) is 17.5. The van der Waals surface area contributed by atoms with Gasteiger partial charge in [0.25, 0.3) is 0 Å². The minimum absolute atomic E-state index is 0.0745. The van der Waals surface area contributed by atoms with E-state index in [0.29, 0.717) is 36.4 Å². The standard InChI is InChI=1S/C30H36ClFN2O3/c1-29(2,3)16-25-30(22-12-9-20(32)15-23(22)33-28(30)37)26(18-5-4-6-19(31)14-18)27(34-25)24(36)13-17-7-10-21(35)11-8-17/h4-6,9,12,14-15,17,21,25-27,34-35H,7-8,10-11,13,16H2,1-3H3,(H,33,37)/t17?,21?,25-,26-,27-,30+/m0/s1. The summed E-state index contributed by atoms with van der Waals surface area (Å²) in [7, 11) is 0. The molecule has 3 aliphatic rings. The molecule has 0 unspecified atom stereocenters. The molecule has 198 valence electrons. The lowest BCUT2D eigenvalue weighted by atomic mass is 9.62. The highest BCUT2D eigenvalue weighted by atomic mass is 35.5. The molecule has 0 aromatic heterocycles. The Bertz CT molecular complexity index is 1200. The van der Waals surface area contributed by atoms with Crippen LogP contribution in [0.2, 0.25) is 5.02 Å². The van der Waals surface area contributed by atoms with E-state index in [9.17, 15) is 19.1 Å². The fourth-order valence-corrected chi connectivity index (χ4v) is 7.13. The Kier molecular flexibility index (Phi) is 6.97. The third-order valence-corrected chi connectivity index (χ3v) is 8.72. The first kappa shape index (κ1) is 26.3. The van der Waals surface area contributed by atoms with Crippen LogP contribution in [0.15, 0.2) is 42.5 Å². The number of rotatable bonds is 5. The van der Waals surface area contributed by atoms with Gasteiger partial charge in [-0.1, -0.05) is 50.6 Å². The van der Waals surface area contributed by atoms with Crippen LogP contribution >= 0.6 is 11.6 Å². The summed E-state index contributed by atoms with van der Waals surface area (Å²) in [5.74, 6) is -0.844. The van der Waals surface area contributed by atoms with E-state index in [1.807, 2.05) is 18.2 Å². The van der Waals surface area contributed by atoms with Crippen LogP contribution in [0.3, 0.4) is 0 Å². The summed E-state index contributed by atoms with van der Waals surface area (Å²) in [5, 5.41) is 17.1. The average Bonchev–Trinajstić information content (AvgIpc) is 3.29. The van der Waals surface area contributed by atoms with Crippen molar-refractivity contribution in [3.63, 3.8) is 0 Å². The van der Waals surface area contributed by atoms with Gasteiger partial charge in [0.2, 0.25) is 5.91 Å². The Hall–Kier alpha value is -2.28. The second-order valence-electron chi connectivity index (χ2n) is 12.4. The van der Waals surface area contributed by atoms with Crippen LogP contribution in [0.1, 0.15) is 76.3 Å². The molecular formula is C30H36ClFN2O3. The van der Waals surface area contributed by atoms with E-state index in [2.05, 4.69) is 31.4 Å². The molecule has 0 radical (unpaired) electrons. The Morgan fingerprint density at radius 3 is 2.54 bits per heavy atom. The highest BCUT2D eigenvalue weighted by Gasteiger charge is 2.65. The van der Waals surface area contributed by atoms with Crippen LogP contribution in [0.4, 0.5) is 10.1 Å². The summed E-state index contributed by atoms with van der Waals surface area (Å²) in [6.45, 7) is 6.37. The molecule has 37 heavy (non-hydrogen) atoms. The number of aliphatic hydroxyl groups excluding tert-OH is 1. The molecule has 2 aromatic rings. The second kappa shape index (κ2) is 9.79. The number of carbonyl (C=O) groups is 2. The summed E-state index contributed by atoms with van der Waals surface area (Å²) >= 11 is 6.44. The molecule has 2 heterocycles. The molecule has 5 nitrogen and oxygen atoms in total. The molecule has 0 bridgehead atoms. The minimum atomic E-state index is -1.09. The summed E-state index contributed by atoms with van der Waals surface area (Å²) in [5.41, 5.74) is 0.781. The number of hydrogen-bond acceptors (Lipinski definition) is 4. The Morgan fingerprint density at radius 1 is 1.14 bits per heavy atom. The second-order valence-corrected chi connectivity index (χ2v) is 12.8. The molecule has 1 spiro atoms. The average molecular weight is 527 g/mol. The number of amides is 1. The van der Waals surface area contributed by atoms with E-state index >= 15 is 0 Å². The number of fused-ring (bicyclic) bond motifs is 2. The zero-order chi connectivity index (χ0) is 26.5. The quantitative estimate of drug-likeness (QED) is 0.464. The lowest BCUT2D eigenvalue weighted by Gasteiger charge is -2.37.